The highest BCUT2D eigenvalue weighted by Crippen LogP contribution is 2.36. The maximum Gasteiger partial charge on any atom is 0.243 e. The van der Waals surface area contributed by atoms with Crippen molar-refractivity contribution in [2.24, 2.45) is 0 Å². The molecule has 0 unspecified atom stereocenters. The molecule has 0 radical (unpaired) electrons. The molecular weight excluding hydrogens is 392 g/mol. The third kappa shape index (κ3) is 3.24. The Hall–Kier alpha value is -2.65. The highest BCUT2D eigenvalue weighted by atomic mass is 32.2. The number of sulfonamides is 1. The van der Waals surface area contributed by atoms with Crippen LogP contribution in [0.15, 0.2) is 41.7 Å². The molecule has 1 saturated heterocycles. The van der Waals surface area contributed by atoms with Crippen molar-refractivity contribution in [3.8, 4) is 11.5 Å². The topological polar surface area (TPSA) is 86.0 Å². The molecule has 9 heteroatoms. The van der Waals surface area contributed by atoms with Crippen LogP contribution in [0.25, 0.3) is 5.65 Å². The van der Waals surface area contributed by atoms with E-state index in [4.69, 9.17) is 9.47 Å². The fourth-order valence-electron chi connectivity index (χ4n) is 4.14. The van der Waals surface area contributed by atoms with Gasteiger partial charge in [-0.15, -0.1) is 0 Å². The Morgan fingerprint density at radius 2 is 1.83 bits per heavy atom. The number of nitrogens with zero attached hydrogens (tertiary/aromatic N) is 4. The van der Waals surface area contributed by atoms with Gasteiger partial charge in [0, 0.05) is 25.4 Å². The third-order valence-corrected chi connectivity index (χ3v) is 7.60. The fourth-order valence-corrected chi connectivity index (χ4v) is 5.63. The number of ether oxygens (including phenoxy) is 2. The summed E-state index contributed by atoms with van der Waals surface area (Å²) in [4.78, 5) is 4.47. The standard InChI is InChI=1S/C20H22N4O4S/c1-14-10-20-21-13-22-24(20)12-17(14)15-4-6-23(7-5-15)29(25,26)16-2-3-18-19(11-16)28-9-8-27-18/h2-3,10-13,15H,4-9H2,1H3. The van der Waals surface area contributed by atoms with Crippen LogP contribution in [0.4, 0.5) is 0 Å². The van der Waals surface area contributed by atoms with E-state index in [0.717, 1.165) is 18.5 Å². The normalized spacial score (nSPS) is 18.2. The Labute approximate surface area is 169 Å². The second-order valence-corrected chi connectivity index (χ2v) is 9.40. The van der Waals surface area contributed by atoms with E-state index >= 15 is 0 Å². The van der Waals surface area contributed by atoms with Gasteiger partial charge in [0.2, 0.25) is 10.0 Å². The first-order chi connectivity index (χ1) is 14.0. The number of rotatable bonds is 3. The maximum absolute atomic E-state index is 13.1. The number of aryl methyl sites for hydroxylation is 1. The van der Waals surface area contributed by atoms with Crippen molar-refractivity contribution in [1.29, 1.82) is 0 Å². The van der Waals surface area contributed by atoms with Crippen LogP contribution < -0.4 is 9.47 Å². The van der Waals surface area contributed by atoms with E-state index in [1.54, 1.807) is 33.3 Å². The van der Waals surface area contributed by atoms with Gasteiger partial charge < -0.3 is 9.47 Å². The van der Waals surface area contributed by atoms with Crippen molar-refractivity contribution in [1.82, 2.24) is 18.9 Å². The Bertz CT molecular complexity index is 1170. The summed E-state index contributed by atoms with van der Waals surface area (Å²) in [5.41, 5.74) is 3.20. The SMILES string of the molecule is Cc1cc2ncnn2cc1C1CCN(S(=O)(=O)c2ccc3c(c2)OCCO3)CC1. The molecule has 8 nitrogen and oxygen atoms in total. The summed E-state index contributed by atoms with van der Waals surface area (Å²) in [5.74, 6) is 1.38. The lowest BCUT2D eigenvalue weighted by atomic mass is 9.89. The molecule has 152 valence electrons. The van der Waals surface area contributed by atoms with Crippen LogP contribution in [0.3, 0.4) is 0 Å². The van der Waals surface area contributed by atoms with E-state index in [1.165, 1.54) is 11.1 Å². The molecule has 2 aromatic heterocycles. The number of hydrogen-bond donors (Lipinski definition) is 0. The molecule has 0 atom stereocenters. The molecule has 0 amide bonds. The Morgan fingerprint density at radius 3 is 2.62 bits per heavy atom. The van der Waals surface area contributed by atoms with E-state index in [0.29, 0.717) is 43.7 Å². The molecule has 1 aromatic carbocycles. The molecule has 0 spiro atoms. The number of hydrogen-bond acceptors (Lipinski definition) is 6. The van der Waals surface area contributed by atoms with Crippen LogP contribution in [0.1, 0.15) is 29.9 Å². The van der Waals surface area contributed by atoms with E-state index in [-0.39, 0.29) is 4.90 Å². The fraction of sp³-hybridized carbons (Fsp3) is 0.400. The quantitative estimate of drug-likeness (QED) is 0.654. The lowest BCUT2D eigenvalue weighted by Gasteiger charge is -2.32. The lowest BCUT2D eigenvalue weighted by Crippen LogP contribution is -2.38. The molecule has 0 aliphatic carbocycles. The van der Waals surface area contributed by atoms with Gasteiger partial charge in [0.1, 0.15) is 19.5 Å². The Balaban J connectivity index is 1.35. The van der Waals surface area contributed by atoms with Gasteiger partial charge in [0.15, 0.2) is 17.1 Å². The molecule has 0 N–H and O–H groups in total. The minimum absolute atomic E-state index is 0.250. The minimum Gasteiger partial charge on any atom is -0.486 e. The molecule has 2 aliphatic rings. The number of aromatic nitrogens is 3. The van der Waals surface area contributed by atoms with Crippen molar-refractivity contribution in [2.45, 2.75) is 30.6 Å². The van der Waals surface area contributed by atoms with Gasteiger partial charge in [-0.1, -0.05) is 0 Å². The predicted molar refractivity (Wildman–Crippen MR) is 106 cm³/mol. The molecule has 0 bridgehead atoms. The number of fused-ring (bicyclic) bond motifs is 2. The molecule has 1 fully saturated rings. The van der Waals surface area contributed by atoms with Crippen molar-refractivity contribution in [3.05, 3.63) is 47.9 Å². The molecular formula is C20H22N4O4S. The van der Waals surface area contributed by atoms with E-state index in [2.05, 4.69) is 17.0 Å². The van der Waals surface area contributed by atoms with Crippen LogP contribution in [-0.2, 0) is 10.0 Å². The van der Waals surface area contributed by atoms with Crippen molar-refractivity contribution in [2.75, 3.05) is 26.3 Å². The maximum atomic E-state index is 13.1. The second kappa shape index (κ2) is 7.00. The monoisotopic (exact) mass is 414 g/mol. The molecule has 2 aliphatic heterocycles. The zero-order valence-corrected chi connectivity index (χ0v) is 16.9. The second-order valence-electron chi connectivity index (χ2n) is 7.46. The number of benzene rings is 1. The lowest BCUT2D eigenvalue weighted by molar-refractivity contribution is 0.171. The van der Waals surface area contributed by atoms with E-state index < -0.39 is 10.0 Å². The Morgan fingerprint density at radius 1 is 1.07 bits per heavy atom. The summed E-state index contributed by atoms with van der Waals surface area (Å²) < 4.78 is 40.6. The summed E-state index contributed by atoms with van der Waals surface area (Å²) >= 11 is 0. The molecule has 3 aromatic rings. The van der Waals surface area contributed by atoms with Crippen LogP contribution in [0.5, 0.6) is 11.5 Å². The van der Waals surface area contributed by atoms with Crippen molar-refractivity contribution < 1.29 is 17.9 Å². The largest absolute Gasteiger partial charge is 0.486 e. The van der Waals surface area contributed by atoms with Gasteiger partial charge in [-0.25, -0.2) is 17.9 Å². The van der Waals surface area contributed by atoms with Crippen LogP contribution in [0.2, 0.25) is 0 Å². The first-order valence-corrected chi connectivity index (χ1v) is 11.2. The summed E-state index contributed by atoms with van der Waals surface area (Å²) in [6.07, 6.45) is 5.10. The average Bonchev–Trinajstić information content (AvgIpc) is 3.20. The molecule has 29 heavy (non-hydrogen) atoms. The van der Waals surface area contributed by atoms with Crippen LogP contribution >= 0.6 is 0 Å². The summed E-state index contributed by atoms with van der Waals surface area (Å²) in [7, 11) is -3.57. The molecule has 0 saturated carbocycles. The van der Waals surface area contributed by atoms with Gasteiger partial charge in [0.25, 0.3) is 0 Å². The summed E-state index contributed by atoms with van der Waals surface area (Å²) in [5, 5.41) is 4.22. The van der Waals surface area contributed by atoms with Gasteiger partial charge in [0.05, 0.1) is 4.90 Å². The van der Waals surface area contributed by atoms with Gasteiger partial charge in [-0.3, -0.25) is 0 Å². The summed E-state index contributed by atoms with van der Waals surface area (Å²) in [6, 6.07) is 6.86. The first kappa shape index (κ1) is 18.4. The summed E-state index contributed by atoms with van der Waals surface area (Å²) in [6.45, 7) is 3.94. The highest BCUT2D eigenvalue weighted by molar-refractivity contribution is 7.89. The molecule has 5 rings (SSSR count). The average molecular weight is 414 g/mol. The van der Waals surface area contributed by atoms with Gasteiger partial charge in [-0.05, 0) is 55.0 Å². The predicted octanol–water partition coefficient (Wildman–Crippen LogP) is 2.38. The third-order valence-electron chi connectivity index (χ3n) is 5.71. The van der Waals surface area contributed by atoms with E-state index in [1.807, 2.05) is 12.3 Å². The van der Waals surface area contributed by atoms with Gasteiger partial charge >= 0.3 is 0 Å². The molecule has 4 heterocycles. The van der Waals surface area contributed by atoms with E-state index in [9.17, 15) is 8.42 Å². The smallest absolute Gasteiger partial charge is 0.243 e. The highest BCUT2D eigenvalue weighted by Gasteiger charge is 2.31. The number of piperidine rings is 1. The zero-order valence-electron chi connectivity index (χ0n) is 16.1. The minimum atomic E-state index is -3.57. The van der Waals surface area contributed by atoms with Crippen LogP contribution in [-0.4, -0.2) is 53.6 Å². The van der Waals surface area contributed by atoms with Gasteiger partial charge in [-0.2, -0.15) is 9.40 Å². The van der Waals surface area contributed by atoms with Crippen molar-refractivity contribution >= 4 is 15.7 Å². The number of pyridine rings is 1. The zero-order chi connectivity index (χ0) is 20.0. The van der Waals surface area contributed by atoms with Crippen LogP contribution in [0, 0.1) is 6.92 Å². The van der Waals surface area contributed by atoms with Crippen molar-refractivity contribution in [3.63, 3.8) is 0 Å². The first-order valence-electron chi connectivity index (χ1n) is 9.72. The Kier molecular flexibility index (Phi) is 4.44.